The van der Waals surface area contributed by atoms with Crippen LogP contribution in [-0.2, 0) is 28.6 Å². The van der Waals surface area contributed by atoms with Gasteiger partial charge in [-0.15, -0.1) is 0 Å². The van der Waals surface area contributed by atoms with Gasteiger partial charge in [0.15, 0.2) is 6.10 Å². The average Bonchev–Trinajstić information content (AvgIpc) is 3.31. The first kappa shape index (κ1) is 63.1. The molecule has 0 rings (SSSR count). The third-order valence-corrected chi connectivity index (χ3v) is 12.2. The molecule has 0 aliphatic rings. The lowest BCUT2D eigenvalue weighted by atomic mass is 10.1. The second-order valence-electron chi connectivity index (χ2n) is 18.8. The molecule has 0 fully saturated rings. The molecule has 1 atom stereocenters. The molecule has 0 amide bonds. The molecule has 0 radical (unpaired) electrons. The van der Waals surface area contributed by atoms with E-state index < -0.39 is 6.10 Å². The predicted octanol–water partition coefficient (Wildman–Crippen LogP) is 18.8. The standard InChI is InChI=1S/C60H106O6/c1-4-7-10-13-16-19-22-25-27-29-31-32-35-38-41-44-47-50-53-59(62)65-56-57(55-64-58(61)52-49-46-43-40-37-34-24-21-18-15-12-9-6-3)66-60(63)54-51-48-45-42-39-36-33-30-28-26-23-20-17-14-11-8-5-2/h17,20,26,28,31-32,34,37,43,46,57H,4-16,18-19,21-25,27,29-30,33,35-36,38-42,44-45,47-56H2,1-3H3/b20-17+,28-26+,32-31+,37-34+,46-43+. The Labute approximate surface area is 409 Å². The van der Waals surface area contributed by atoms with E-state index in [-0.39, 0.29) is 37.5 Å². The van der Waals surface area contributed by atoms with Crippen molar-refractivity contribution in [1.82, 2.24) is 0 Å². The van der Waals surface area contributed by atoms with Crippen molar-refractivity contribution in [3.8, 4) is 0 Å². The molecule has 0 saturated carbocycles. The van der Waals surface area contributed by atoms with E-state index in [4.69, 9.17) is 14.2 Å². The van der Waals surface area contributed by atoms with Crippen LogP contribution in [0, 0.1) is 0 Å². The van der Waals surface area contributed by atoms with Crippen molar-refractivity contribution in [2.45, 2.75) is 290 Å². The number of rotatable bonds is 51. The van der Waals surface area contributed by atoms with Crippen molar-refractivity contribution in [2.75, 3.05) is 13.2 Å². The summed E-state index contributed by atoms with van der Waals surface area (Å²) in [6, 6.07) is 0. The van der Waals surface area contributed by atoms with E-state index in [1.54, 1.807) is 0 Å². The molecule has 1 unspecified atom stereocenters. The fourth-order valence-corrected chi connectivity index (χ4v) is 7.93. The van der Waals surface area contributed by atoms with Crippen LogP contribution >= 0.6 is 0 Å². The van der Waals surface area contributed by atoms with Crippen LogP contribution in [0.2, 0.25) is 0 Å². The number of allylic oxidation sites excluding steroid dienone is 10. The Balaban J connectivity index is 4.43. The van der Waals surface area contributed by atoms with Gasteiger partial charge in [-0.2, -0.15) is 0 Å². The van der Waals surface area contributed by atoms with Crippen molar-refractivity contribution in [1.29, 1.82) is 0 Å². The largest absolute Gasteiger partial charge is 0.462 e. The van der Waals surface area contributed by atoms with Crippen molar-refractivity contribution in [3.63, 3.8) is 0 Å². The van der Waals surface area contributed by atoms with Gasteiger partial charge < -0.3 is 14.2 Å². The molecule has 382 valence electrons. The predicted molar refractivity (Wildman–Crippen MR) is 284 cm³/mol. The van der Waals surface area contributed by atoms with Crippen molar-refractivity contribution in [2.24, 2.45) is 0 Å². The topological polar surface area (TPSA) is 78.9 Å². The average molecular weight is 924 g/mol. The highest BCUT2D eigenvalue weighted by Crippen LogP contribution is 2.15. The van der Waals surface area contributed by atoms with Crippen LogP contribution in [0.25, 0.3) is 0 Å². The first-order valence-electron chi connectivity index (χ1n) is 28.3. The summed E-state index contributed by atoms with van der Waals surface area (Å²) in [4.78, 5) is 38.1. The number of ether oxygens (including phenoxy) is 3. The molecule has 66 heavy (non-hydrogen) atoms. The molecule has 0 aromatic carbocycles. The lowest BCUT2D eigenvalue weighted by molar-refractivity contribution is -0.166. The fraction of sp³-hybridized carbons (Fsp3) is 0.783. The number of unbranched alkanes of at least 4 members (excludes halogenated alkanes) is 30. The highest BCUT2D eigenvalue weighted by Gasteiger charge is 2.19. The first-order valence-corrected chi connectivity index (χ1v) is 28.3. The molecule has 6 nitrogen and oxygen atoms in total. The summed E-state index contributed by atoms with van der Waals surface area (Å²) in [6.45, 7) is 6.56. The second kappa shape index (κ2) is 54.7. The molecule has 0 aliphatic carbocycles. The molecule has 0 bridgehead atoms. The summed E-state index contributed by atoms with van der Waals surface area (Å²) in [5, 5.41) is 0. The van der Waals surface area contributed by atoms with Crippen molar-refractivity contribution in [3.05, 3.63) is 60.8 Å². The van der Waals surface area contributed by atoms with Gasteiger partial charge in [0.2, 0.25) is 0 Å². The maximum Gasteiger partial charge on any atom is 0.306 e. The number of carbonyl (C=O) groups is 3. The van der Waals surface area contributed by atoms with Gasteiger partial charge in [0.25, 0.3) is 0 Å². The zero-order valence-electron chi connectivity index (χ0n) is 43.7. The summed E-state index contributed by atoms with van der Waals surface area (Å²) >= 11 is 0. The highest BCUT2D eigenvalue weighted by molar-refractivity contribution is 5.71. The van der Waals surface area contributed by atoms with Gasteiger partial charge >= 0.3 is 17.9 Å². The van der Waals surface area contributed by atoms with E-state index in [0.29, 0.717) is 19.3 Å². The minimum Gasteiger partial charge on any atom is -0.462 e. The van der Waals surface area contributed by atoms with Crippen LogP contribution in [-0.4, -0.2) is 37.2 Å². The maximum atomic E-state index is 12.8. The van der Waals surface area contributed by atoms with E-state index in [1.165, 1.54) is 167 Å². The van der Waals surface area contributed by atoms with Gasteiger partial charge in [0.1, 0.15) is 13.2 Å². The minimum atomic E-state index is -0.804. The van der Waals surface area contributed by atoms with E-state index in [2.05, 4.69) is 75.5 Å². The molecule has 0 aliphatic heterocycles. The van der Waals surface area contributed by atoms with Crippen LogP contribution < -0.4 is 0 Å². The lowest BCUT2D eigenvalue weighted by Gasteiger charge is -2.18. The Morgan fingerprint density at radius 1 is 0.303 bits per heavy atom. The summed E-state index contributed by atoms with van der Waals surface area (Å²) < 4.78 is 16.8. The Kier molecular flexibility index (Phi) is 52.3. The molecule has 0 aromatic rings. The van der Waals surface area contributed by atoms with E-state index in [9.17, 15) is 14.4 Å². The van der Waals surface area contributed by atoms with Crippen molar-refractivity contribution >= 4 is 17.9 Å². The van der Waals surface area contributed by atoms with Gasteiger partial charge in [0, 0.05) is 19.3 Å². The number of hydrogen-bond acceptors (Lipinski definition) is 6. The summed E-state index contributed by atoms with van der Waals surface area (Å²) in [5.74, 6) is -0.976. The van der Waals surface area contributed by atoms with Gasteiger partial charge in [-0.1, -0.05) is 229 Å². The molecule has 6 heteroatoms. The van der Waals surface area contributed by atoms with Crippen LogP contribution in [0.1, 0.15) is 284 Å². The molecule has 0 heterocycles. The number of hydrogen-bond donors (Lipinski definition) is 0. The zero-order valence-corrected chi connectivity index (χ0v) is 43.7. The van der Waals surface area contributed by atoms with Crippen LogP contribution in [0.3, 0.4) is 0 Å². The molecule has 0 aromatic heterocycles. The maximum absolute atomic E-state index is 12.8. The lowest BCUT2D eigenvalue weighted by Crippen LogP contribution is -2.30. The molecule has 0 spiro atoms. The smallest absolute Gasteiger partial charge is 0.306 e. The third kappa shape index (κ3) is 52.1. The van der Waals surface area contributed by atoms with Gasteiger partial charge in [-0.3, -0.25) is 14.4 Å². The fourth-order valence-electron chi connectivity index (χ4n) is 7.93. The summed E-state index contributed by atoms with van der Waals surface area (Å²) in [7, 11) is 0. The normalized spacial score (nSPS) is 12.5. The second-order valence-corrected chi connectivity index (χ2v) is 18.8. The molecular weight excluding hydrogens is 817 g/mol. The Morgan fingerprint density at radius 3 is 0.970 bits per heavy atom. The van der Waals surface area contributed by atoms with Gasteiger partial charge in [0.05, 0.1) is 0 Å². The number of esters is 3. The van der Waals surface area contributed by atoms with Crippen LogP contribution in [0.4, 0.5) is 0 Å². The summed E-state index contributed by atoms with van der Waals surface area (Å²) in [5.41, 5.74) is 0. The monoisotopic (exact) mass is 923 g/mol. The van der Waals surface area contributed by atoms with Crippen LogP contribution in [0.5, 0.6) is 0 Å². The zero-order chi connectivity index (χ0) is 47.9. The molecule has 0 N–H and O–H groups in total. The van der Waals surface area contributed by atoms with Gasteiger partial charge in [-0.05, 0) is 96.3 Å². The van der Waals surface area contributed by atoms with E-state index in [0.717, 1.165) is 70.6 Å². The van der Waals surface area contributed by atoms with Crippen molar-refractivity contribution < 1.29 is 28.6 Å². The van der Waals surface area contributed by atoms with E-state index in [1.807, 2.05) is 6.08 Å². The first-order chi connectivity index (χ1) is 32.5. The highest BCUT2D eigenvalue weighted by atomic mass is 16.6. The van der Waals surface area contributed by atoms with Crippen LogP contribution in [0.15, 0.2) is 60.8 Å². The quantitative estimate of drug-likeness (QED) is 0.0262. The Morgan fingerprint density at radius 2 is 0.576 bits per heavy atom. The SMILES string of the molecule is CCCCC/C=C/C/C=C/CCCCCCCCCC(=O)OC(COC(=O)CC/C=C/C/C=C/CCCCCCCC)COC(=O)CCCCCCC/C=C/CCCCCCCCCCC. The molecular formula is C60H106O6. The van der Waals surface area contributed by atoms with E-state index >= 15 is 0 Å². The molecule has 0 saturated heterocycles. The summed E-state index contributed by atoms with van der Waals surface area (Å²) in [6.07, 6.45) is 67.9. The van der Waals surface area contributed by atoms with Gasteiger partial charge in [-0.25, -0.2) is 0 Å². The Bertz CT molecular complexity index is 1200. The number of carbonyl (C=O) groups excluding carboxylic acids is 3. The third-order valence-electron chi connectivity index (χ3n) is 12.2. The Hall–Kier alpha value is -2.89. The minimum absolute atomic E-state index is 0.0981.